The molecule has 2 rings (SSSR count). The highest BCUT2D eigenvalue weighted by molar-refractivity contribution is 7.91. The third kappa shape index (κ3) is 7.02. The zero-order valence-corrected chi connectivity index (χ0v) is 17.8. The van der Waals surface area contributed by atoms with Gasteiger partial charge in [-0.1, -0.05) is 48.9 Å². The van der Waals surface area contributed by atoms with Crippen LogP contribution in [0.2, 0.25) is 0 Å². The number of sulfone groups is 1. The molecule has 7 heteroatoms. The van der Waals surface area contributed by atoms with Gasteiger partial charge in [0.05, 0.1) is 23.1 Å². The predicted molar refractivity (Wildman–Crippen MR) is 111 cm³/mol. The average molecular weight is 418 g/mol. The molecule has 1 atom stereocenters. The highest BCUT2D eigenvalue weighted by atomic mass is 32.2. The van der Waals surface area contributed by atoms with Crippen LogP contribution in [0.4, 0.5) is 0 Å². The maximum atomic E-state index is 12.2. The molecular weight excluding hydrogens is 390 g/mol. The Morgan fingerprint density at radius 3 is 2.24 bits per heavy atom. The van der Waals surface area contributed by atoms with Crippen LogP contribution in [0.5, 0.6) is 0 Å². The molecule has 0 aliphatic carbocycles. The average Bonchev–Trinajstić information content (AvgIpc) is 2.71. The number of esters is 1. The van der Waals surface area contributed by atoms with E-state index in [1.807, 2.05) is 38.1 Å². The third-order valence-corrected chi connectivity index (χ3v) is 6.32. The first-order valence-electron chi connectivity index (χ1n) is 9.54. The van der Waals surface area contributed by atoms with E-state index in [2.05, 4.69) is 12.2 Å². The molecule has 1 unspecified atom stereocenters. The lowest BCUT2D eigenvalue weighted by Crippen LogP contribution is -2.31. The molecule has 0 spiro atoms. The molecule has 29 heavy (non-hydrogen) atoms. The molecule has 2 aromatic rings. The minimum Gasteiger partial charge on any atom is -0.456 e. The molecular formula is C22H27NO5S. The first-order chi connectivity index (χ1) is 13.7. The van der Waals surface area contributed by atoms with Gasteiger partial charge in [0.15, 0.2) is 16.4 Å². The highest BCUT2D eigenvalue weighted by Gasteiger charge is 2.18. The van der Waals surface area contributed by atoms with Crippen LogP contribution in [-0.4, -0.2) is 32.7 Å². The van der Waals surface area contributed by atoms with Gasteiger partial charge < -0.3 is 10.1 Å². The van der Waals surface area contributed by atoms with Crippen molar-refractivity contribution in [2.24, 2.45) is 0 Å². The molecule has 0 radical (unpaired) electrons. The van der Waals surface area contributed by atoms with E-state index in [0.717, 1.165) is 17.5 Å². The Morgan fingerprint density at radius 2 is 1.66 bits per heavy atom. The van der Waals surface area contributed by atoms with Gasteiger partial charge in [-0.25, -0.2) is 8.42 Å². The van der Waals surface area contributed by atoms with Gasteiger partial charge in [0.1, 0.15) is 0 Å². The van der Waals surface area contributed by atoms with Crippen molar-refractivity contribution in [2.75, 3.05) is 12.4 Å². The monoisotopic (exact) mass is 417 g/mol. The molecule has 0 bridgehead atoms. The van der Waals surface area contributed by atoms with E-state index in [1.165, 1.54) is 17.7 Å². The number of rotatable bonds is 9. The van der Waals surface area contributed by atoms with Crippen molar-refractivity contribution in [3.8, 4) is 0 Å². The fourth-order valence-corrected chi connectivity index (χ4v) is 3.93. The zero-order valence-electron chi connectivity index (χ0n) is 17.0. The largest absolute Gasteiger partial charge is 0.456 e. The Kier molecular flexibility index (Phi) is 7.96. The van der Waals surface area contributed by atoms with Crippen molar-refractivity contribution < 1.29 is 22.7 Å². The number of benzene rings is 2. The lowest BCUT2D eigenvalue weighted by atomic mass is 10.1. The Labute approximate surface area is 172 Å². The lowest BCUT2D eigenvalue weighted by Gasteiger charge is -2.15. The van der Waals surface area contributed by atoms with Crippen LogP contribution in [0.15, 0.2) is 53.4 Å². The van der Waals surface area contributed by atoms with Crippen LogP contribution in [-0.2, 0) is 30.6 Å². The topological polar surface area (TPSA) is 89.5 Å². The quantitative estimate of drug-likeness (QED) is 0.633. The fourth-order valence-electron chi connectivity index (χ4n) is 2.71. The summed E-state index contributed by atoms with van der Waals surface area (Å²) < 4.78 is 29.4. The fraction of sp³-hybridized carbons (Fsp3) is 0.364. The van der Waals surface area contributed by atoms with Gasteiger partial charge in [-0.3, -0.25) is 9.59 Å². The van der Waals surface area contributed by atoms with Gasteiger partial charge in [0.2, 0.25) is 0 Å². The molecule has 1 N–H and O–H groups in total. The SMILES string of the molecule is CCc1ccc(C(C)NC(=O)COC(=O)CCS(=O)(=O)c2ccc(C)cc2)cc1. The van der Waals surface area contributed by atoms with E-state index >= 15 is 0 Å². The molecule has 156 valence electrons. The summed E-state index contributed by atoms with van der Waals surface area (Å²) >= 11 is 0. The molecule has 0 saturated heterocycles. The van der Waals surface area contributed by atoms with Crippen molar-refractivity contribution in [3.05, 3.63) is 65.2 Å². The van der Waals surface area contributed by atoms with Gasteiger partial charge >= 0.3 is 5.97 Å². The van der Waals surface area contributed by atoms with E-state index in [1.54, 1.807) is 12.1 Å². The number of nitrogens with one attached hydrogen (secondary N) is 1. The molecule has 1 amide bonds. The number of carbonyl (C=O) groups is 2. The molecule has 0 fully saturated rings. The Balaban J connectivity index is 1.77. The van der Waals surface area contributed by atoms with Gasteiger partial charge in [-0.05, 0) is 43.5 Å². The standard InChI is InChI=1S/C22H27NO5S/c1-4-18-7-9-19(10-8-18)17(3)23-21(24)15-28-22(25)13-14-29(26,27)20-11-5-16(2)6-12-20/h5-12,17H,4,13-15H2,1-3H3,(H,23,24). The van der Waals surface area contributed by atoms with Gasteiger partial charge in [-0.15, -0.1) is 0 Å². The molecule has 0 aliphatic rings. The number of hydrogen-bond donors (Lipinski definition) is 1. The summed E-state index contributed by atoms with van der Waals surface area (Å²) in [7, 11) is -3.57. The van der Waals surface area contributed by atoms with E-state index in [9.17, 15) is 18.0 Å². The first kappa shape index (κ1) is 22.6. The number of hydrogen-bond acceptors (Lipinski definition) is 5. The number of aryl methyl sites for hydroxylation is 2. The van der Waals surface area contributed by atoms with Crippen LogP contribution < -0.4 is 5.32 Å². The number of carbonyl (C=O) groups excluding carboxylic acids is 2. The maximum Gasteiger partial charge on any atom is 0.307 e. The zero-order chi connectivity index (χ0) is 21.4. The molecule has 0 saturated carbocycles. The van der Waals surface area contributed by atoms with Crippen LogP contribution in [0.3, 0.4) is 0 Å². The Morgan fingerprint density at radius 1 is 1.03 bits per heavy atom. The molecule has 2 aromatic carbocycles. The van der Waals surface area contributed by atoms with E-state index in [0.29, 0.717) is 0 Å². The van der Waals surface area contributed by atoms with E-state index in [4.69, 9.17) is 4.74 Å². The normalized spacial score (nSPS) is 12.2. The Bertz CT molecular complexity index is 934. The lowest BCUT2D eigenvalue weighted by molar-refractivity contribution is -0.148. The summed E-state index contributed by atoms with van der Waals surface area (Å²) in [4.78, 5) is 24.0. The summed E-state index contributed by atoms with van der Waals surface area (Å²) in [5.74, 6) is -1.53. The van der Waals surface area contributed by atoms with E-state index < -0.39 is 28.3 Å². The van der Waals surface area contributed by atoms with Crippen molar-refractivity contribution in [1.29, 1.82) is 0 Å². The van der Waals surface area contributed by atoms with Gasteiger partial charge in [0, 0.05) is 0 Å². The van der Waals surface area contributed by atoms with Crippen LogP contribution >= 0.6 is 0 Å². The van der Waals surface area contributed by atoms with Crippen LogP contribution in [0, 0.1) is 6.92 Å². The number of ether oxygens (including phenoxy) is 1. The second-order valence-electron chi connectivity index (χ2n) is 6.93. The summed E-state index contributed by atoms with van der Waals surface area (Å²) in [5, 5.41) is 2.76. The van der Waals surface area contributed by atoms with Crippen molar-refractivity contribution >= 4 is 21.7 Å². The summed E-state index contributed by atoms with van der Waals surface area (Å²) in [6.07, 6.45) is 0.633. The van der Waals surface area contributed by atoms with Crippen LogP contribution in [0.25, 0.3) is 0 Å². The molecule has 0 aromatic heterocycles. The second-order valence-corrected chi connectivity index (χ2v) is 9.04. The molecule has 0 aliphatic heterocycles. The van der Waals surface area contributed by atoms with Gasteiger partial charge in [0.25, 0.3) is 5.91 Å². The number of amides is 1. The van der Waals surface area contributed by atoms with Crippen molar-refractivity contribution in [1.82, 2.24) is 5.32 Å². The highest BCUT2D eigenvalue weighted by Crippen LogP contribution is 2.14. The van der Waals surface area contributed by atoms with Gasteiger partial charge in [-0.2, -0.15) is 0 Å². The predicted octanol–water partition coefficient (Wildman–Crippen LogP) is 3.14. The minimum absolute atomic E-state index is 0.163. The summed E-state index contributed by atoms with van der Waals surface area (Å²) in [5.41, 5.74) is 3.11. The minimum atomic E-state index is -3.57. The molecule has 0 heterocycles. The van der Waals surface area contributed by atoms with E-state index in [-0.39, 0.29) is 23.1 Å². The Hall–Kier alpha value is -2.67. The first-order valence-corrected chi connectivity index (χ1v) is 11.2. The van der Waals surface area contributed by atoms with Crippen molar-refractivity contribution in [2.45, 2.75) is 44.6 Å². The van der Waals surface area contributed by atoms with Crippen molar-refractivity contribution in [3.63, 3.8) is 0 Å². The smallest absolute Gasteiger partial charge is 0.307 e. The third-order valence-electron chi connectivity index (χ3n) is 4.58. The second kappa shape index (κ2) is 10.2. The summed E-state index contributed by atoms with van der Waals surface area (Å²) in [6.45, 7) is 5.33. The van der Waals surface area contributed by atoms with Crippen LogP contribution in [0.1, 0.15) is 43.0 Å². The summed E-state index contributed by atoms with van der Waals surface area (Å²) in [6, 6.07) is 14.1. The maximum absolute atomic E-state index is 12.2. The molecule has 6 nitrogen and oxygen atoms in total.